The van der Waals surface area contributed by atoms with E-state index in [0.29, 0.717) is 12.5 Å². The Kier molecular flexibility index (Phi) is 5.92. The molecule has 106 valence electrons. The molecule has 20 heavy (non-hydrogen) atoms. The average molecular weight is 272 g/mol. The van der Waals surface area contributed by atoms with Gasteiger partial charge in [-0.25, -0.2) is 0 Å². The Bertz CT molecular complexity index is 487. The van der Waals surface area contributed by atoms with Crippen molar-refractivity contribution in [3.05, 3.63) is 47.9 Å². The molecule has 0 amide bonds. The molecule has 2 heterocycles. The largest absolute Gasteiger partial charge is 0.476 e. The van der Waals surface area contributed by atoms with E-state index in [9.17, 15) is 0 Å². The van der Waals surface area contributed by atoms with E-state index in [1.807, 2.05) is 30.3 Å². The smallest absolute Gasteiger partial charge is 0.233 e. The van der Waals surface area contributed by atoms with Crippen molar-refractivity contribution in [2.75, 3.05) is 13.2 Å². The molecule has 1 N–H and O–H groups in total. The van der Waals surface area contributed by atoms with Crippen LogP contribution in [0.25, 0.3) is 0 Å². The maximum Gasteiger partial charge on any atom is 0.233 e. The Balaban J connectivity index is 1.73. The first-order valence-electron chi connectivity index (χ1n) is 6.94. The second kappa shape index (κ2) is 8.22. The molecule has 0 aliphatic carbocycles. The SMILES string of the molecule is CCCNCc1ccc(OCCc2ccccn2)nn1. The van der Waals surface area contributed by atoms with Gasteiger partial charge in [-0.1, -0.05) is 13.0 Å². The minimum Gasteiger partial charge on any atom is -0.476 e. The predicted molar refractivity (Wildman–Crippen MR) is 77.5 cm³/mol. The number of hydrogen-bond donors (Lipinski definition) is 1. The van der Waals surface area contributed by atoms with Gasteiger partial charge in [-0.15, -0.1) is 5.10 Å². The van der Waals surface area contributed by atoms with E-state index in [0.717, 1.165) is 37.3 Å². The first-order chi connectivity index (χ1) is 9.88. The van der Waals surface area contributed by atoms with Crippen LogP contribution in [0.4, 0.5) is 0 Å². The van der Waals surface area contributed by atoms with Gasteiger partial charge in [0, 0.05) is 30.9 Å². The topological polar surface area (TPSA) is 59.9 Å². The quantitative estimate of drug-likeness (QED) is 0.745. The van der Waals surface area contributed by atoms with E-state index in [-0.39, 0.29) is 0 Å². The third-order valence-electron chi connectivity index (χ3n) is 2.76. The summed E-state index contributed by atoms with van der Waals surface area (Å²) in [5.41, 5.74) is 1.94. The number of aromatic nitrogens is 3. The number of rotatable bonds is 8. The molecule has 2 aromatic rings. The fourth-order valence-electron chi connectivity index (χ4n) is 1.72. The van der Waals surface area contributed by atoms with Crippen LogP contribution in [0, 0.1) is 0 Å². The Morgan fingerprint density at radius 1 is 1.10 bits per heavy atom. The van der Waals surface area contributed by atoms with Gasteiger partial charge < -0.3 is 10.1 Å². The fourth-order valence-corrected chi connectivity index (χ4v) is 1.72. The molecule has 2 rings (SSSR count). The van der Waals surface area contributed by atoms with Crippen LogP contribution in [-0.4, -0.2) is 28.3 Å². The molecule has 0 saturated carbocycles. The summed E-state index contributed by atoms with van der Waals surface area (Å²) in [4.78, 5) is 4.24. The Morgan fingerprint density at radius 3 is 2.75 bits per heavy atom. The van der Waals surface area contributed by atoms with E-state index >= 15 is 0 Å². The van der Waals surface area contributed by atoms with E-state index in [1.165, 1.54) is 0 Å². The first-order valence-corrected chi connectivity index (χ1v) is 6.94. The monoisotopic (exact) mass is 272 g/mol. The normalized spacial score (nSPS) is 10.4. The Labute approximate surface area is 119 Å². The number of nitrogens with one attached hydrogen (secondary N) is 1. The van der Waals surface area contributed by atoms with Gasteiger partial charge in [0.1, 0.15) is 0 Å². The second-order valence-electron chi connectivity index (χ2n) is 4.46. The van der Waals surface area contributed by atoms with Gasteiger partial charge in [0.15, 0.2) is 0 Å². The lowest BCUT2D eigenvalue weighted by Crippen LogP contribution is -2.15. The predicted octanol–water partition coefficient (Wildman–Crippen LogP) is 1.99. The van der Waals surface area contributed by atoms with Crippen LogP contribution in [0.1, 0.15) is 24.7 Å². The number of pyridine rings is 1. The summed E-state index contributed by atoms with van der Waals surface area (Å²) in [6.45, 7) is 4.43. The molecule has 0 spiro atoms. The van der Waals surface area contributed by atoms with Gasteiger partial charge in [-0.2, -0.15) is 5.10 Å². The molecule has 0 atom stereocenters. The summed E-state index contributed by atoms with van der Waals surface area (Å²) in [5, 5.41) is 11.5. The van der Waals surface area contributed by atoms with Crippen LogP contribution >= 0.6 is 0 Å². The summed E-state index contributed by atoms with van der Waals surface area (Å²) in [7, 11) is 0. The molecule has 0 saturated heterocycles. The van der Waals surface area contributed by atoms with Gasteiger partial charge in [0.05, 0.1) is 12.3 Å². The summed E-state index contributed by atoms with van der Waals surface area (Å²) in [6.07, 6.45) is 3.66. The van der Waals surface area contributed by atoms with Crippen LogP contribution in [0.2, 0.25) is 0 Å². The second-order valence-corrected chi connectivity index (χ2v) is 4.46. The zero-order valence-electron chi connectivity index (χ0n) is 11.7. The molecule has 2 aromatic heterocycles. The molecule has 0 aromatic carbocycles. The zero-order chi connectivity index (χ0) is 14.0. The molecular formula is C15H20N4O. The molecule has 0 radical (unpaired) electrons. The summed E-state index contributed by atoms with van der Waals surface area (Å²) in [6, 6.07) is 9.65. The van der Waals surface area contributed by atoms with Crippen molar-refractivity contribution in [2.24, 2.45) is 0 Å². The van der Waals surface area contributed by atoms with Gasteiger partial charge in [-0.05, 0) is 31.2 Å². The number of hydrogen-bond acceptors (Lipinski definition) is 5. The van der Waals surface area contributed by atoms with Crippen molar-refractivity contribution < 1.29 is 4.74 Å². The number of ether oxygens (including phenoxy) is 1. The van der Waals surface area contributed by atoms with Gasteiger partial charge in [0.25, 0.3) is 0 Å². The third-order valence-corrected chi connectivity index (χ3v) is 2.76. The average Bonchev–Trinajstić information content (AvgIpc) is 2.50. The maximum atomic E-state index is 5.56. The lowest BCUT2D eigenvalue weighted by atomic mass is 10.3. The molecular weight excluding hydrogens is 252 g/mol. The minimum absolute atomic E-state index is 0.555. The Hall–Kier alpha value is -2.01. The molecule has 5 nitrogen and oxygen atoms in total. The third kappa shape index (κ3) is 4.93. The molecule has 0 bridgehead atoms. The lowest BCUT2D eigenvalue weighted by molar-refractivity contribution is 0.304. The van der Waals surface area contributed by atoms with Crippen molar-refractivity contribution in [1.29, 1.82) is 0 Å². The van der Waals surface area contributed by atoms with Crippen LogP contribution in [0.15, 0.2) is 36.5 Å². The molecule has 0 unspecified atom stereocenters. The standard InChI is InChI=1S/C15H20N4O/c1-2-9-16-12-14-6-7-15(19-18-14)20-11-8-13-5-3-4-10-17-13/h3-7,10,16H,2,8-9,11-12H2,1H3. The molecule has 0 fully saturated rings. The zero-order valence-corrected chi connectivity index (χ0v) is 11.7. The van der Waals surface area contributed by atoms with Gasteiger partial charge >= 0.3 is 0 Å². The first kappa shape index (κ1) is 14.4. The van der Waals surface area contributed by atoms with Crippen LogP contribution in [0.3, 0.4) is 0 Å². The number of nitrogens with zero attached hydrogens (tertiary/aromatic N) is 3. The highest BCUT2D eigenvalue weighted by atomic mass is 16.5. The molecule has 5 heteroatoms. The van der Waals surface area contributed by atoms with Crippen molar-refractivity contribution in [3.8, 4) is 5.88 Å². The van der Waals surface area contributed by atoms with Crippen molar-refractivity contribution in [3.63, 3.8) is 0 Å². The van der Waals surface area contributed by atoms with Crippen LogP contribution in [-0.2, 0) is 13.0 Å². The van der Waals surface area contributed by atoms with Crippen molar-refractivity contribution in [1.82, 2.24) is 20.5 Å². The van der Waals surface area contributed by atoms with Gasteiger partial charge in [-0.3, -0.25) is 4.98 Å². The summed E-state index contributed by atoms with van der Waals surface area (Å²) in [5.74, 6) is 0.556. The summed E-state index contributed by atoms with van der Waals surface area (Å²) < 4.78 is 5.56. The highest BCUT2D eigenvalue weighted by Crippen LogP contribution is 2.05. The Morgan fingerprint density at radius 2 is 2.05 bits per heavy atom. The van der Waals surface area contributed by atoms with E-state index in [1.54, 1.807) is 6.20 Å². The summed E-state index contributed by atoms with van der Waals surface area (Å²) >= 11 is 0. The van der Waals surface area contributed by atoms with Crippen LogP contribution in [0.5, 0.6) is 5.88 Å². The maximum absolute atomic E-state index is 5.56. The van der Waals surface area contributed by atoms with E-state index < -0.39 is 0 Å². The highest BCUT2D eigenvalue weighted by Gasteiger charge is 1.99. The van der Waals surface area contributed by atoms with Crippen molar-refractivity contribution in [2.45, 2.75) is 26.3 Å². The van der Waals surface area contributed by atoms with E-state index in [4.69, 9.17) is 4.74 Å². The van der Waals surface area contributed by atoms with Crippen molar-refractivity contribution >= 4 is 0 Å². The minimum atomic E-state index is 0.555. The lowest BCUT2D eigenvalue weighted by Gasteiger charge is -2.05. The molecule has 0 aliphatic rings. The highest BCUT2D eigenvalue weighted by molar-refractivity contribution is 5.11. The van der Waals surface area contributed by atoms with E-state index in [2.05, 4.69) is 27.4 Å². The van der Waals surface area contributed by atoms with Gasteiger partial charge in [0.2, 0.25) is 5.88 Å². The molecule has 0 aliphatic heterocycles. The van der Waals surface area contributed by atoms with Crippen LogP contribution < -0.4 is 10.1 Å². The fraction of sp³-hybridized carbons (Fsp3) is 0.400.